The maximum atomic E-state index is 12.5. The summed E-state index contributed by atoms with van der Waals surface area (Å²) in [5, 5.41) is 3.89. The lowest BCUT2D eigenvalue weighted by molar-refractivity contribution is 0.156. The molecule has 0 aromatic heterocycles. The van der Waals surface area contributed by atoms with Crippen LogP contribution in [-0.4, -0.2) is 77.3 Å². The van der Waals surface area contributed by atoms with Crippen LogP contribution in [0.25, 0.3) is 0 Å². The Balaban J connectivity index is 3.10. The number of methoxy groups -OCH3 is 1. The van der Waals surface area contributed by atoms with Gasteiger partial charge >= 0.3 is 0 Å². The first-order chi connectivity index (χ1) is 14.6. The average Bonchev–Trinajstić information content (AvgIpc) is 2.73. The van der Waals surface area contributed by atoms with Crippen molar-refractivity contribution in [1.29, 1.82) is 0 Å². The molecule has 1 saturated heterocycles. The van der Waals surface area contributed by atoms with Crippen LogP contribution in [0.5, 0.6) is 0 Å². The molecule has 1 fully saturated rings. The highest BCUT2D eigenvalue weighted by atomic mass is 35.5. The van der Waals surface area contributed by atoms with Gasteiger partial charge in [-0.05, 0) is 50.5 Å². The van der Waals surface area contributed by atoms with E-state index in [9.17, 15) is 8.42 Å². The van der Waals surface area contributed by atoms with Gasteiger partial charge in [0.05, 0.1) is 22.8 Å². The lowest BCUT2D eigenvalue weighted by Crippen LogP contribution is -2.43. The van der Waals surface area contributed by atoms with Crippen molar-refractivity contribution < 1.29 is 13.2 Å². The number of hydrogen-bond acceptors (Lipinski definition) is 6. The van der Waals surface area contributed by atoms with Gasteiger partial charge < -0.3 is 15.0 Å². The highest BCUT2D eigenvalue weighted by Crippen LogP contribution is 2.19. The normalized spacial score (nSPS) is 19.9. The van der Waals surface area contributed by atoms with Crippen molar-refractivity contribution in [2.24, 2.45) is 4.99 Å². The van der Waals surface area contributed by atoms with Crippen molar-refractivity contribution in [1.82, 2.24) is 10.2 Å². The molecule has 0 bridgehead atoms. The second kappa shape index (κ2) is 14.0. The van der Waals surface area contributed by atoms with E-state index in [1.54, 1.807) is 13.2 Å². The van der Waals surface area contributed by atoms with Crippen LogP contribution in [0.2, 0.25) is 0 Å². The lowest BCUT2D eigenvalue weighted by Gasteiger charge is -2.26. The van der Waals surface area contributed by atoms with Gasteiger partial charge in [-0.25, -0.2) is 8.42 Å². The van der Waals surface area contributed by atoms with Gasteiger partial charge in [-0.1, -0.05) is 31.2 Å². The SMILES string of the molecule is C=CC(=NC(C)C(=CC(Cl)=CC(C)OC)CC)/C(=C\CCN1CCNCC1)S(C)(=O)=O. The fraction of sp³-hybridized carbons (Fsp3) is 0.609. The summed E-state index contributed by atoms with van der Waals surface area (Å²) < 4.78 is 30.2. The number of sulfone groups is 1. The number of ether oxygens (including phenoxy) is 1. The molecule has 0 spiro atoms. The minimum Gasteiger partial charge on any atom is -0.378 e. The summed E-state index contributed by atoms with van der Waals surface area (Å²) in [4.78, 5) is 7.25. The minimum atomic E-state index is -3.44. The zero-order chi connectivity index (χ0) is 23.4. The average molecular weight is 472 g/mol. The second-order valence-electron chi connectivity index (χ2n) is 7.68. The molecule has 6 nitrogen and oxygen atoms in total. The first kappa shape index (κ1) is 27.8. The number of aliphatic imine (C=N–C) groups is 1. The van der Waals surface area contributed by atoms with E-state index < -0.39 is 9.84 Å². The van der Waals surface area contributed by atoms with Crippen LogP contribution < -0.4 is 5.32 Å². The van der Waals surface area contributed by atoms with Gasteiger partial charge in [0.2, 0.25) is 0 Å². The van der Waals surface area contributed by atoms with Crippen LogP contribution in [0.3, 0.4) is 0 Å². The molecule has 0 amide bonds. The van der Waals surface area contributed by atoms with Crippen molar-refractivity contribution in [3.05, 3.63) is 46.4 Å². The smallest absolute Gasteiger partial charge is 0.177 e. The molecule has 0 aromatic carbocycles. The molecule has 2 unspecified atom stereocenters. The van der Waals surface area contributed by atoms with E-state index in [0.29, 0.717) is 17.2 Å². The molecule has 8 heteroatoms. The minimum absolute atomic E-state index is 0.0974. The number of piperazine rings is 1. The number of allylic oxidation sites excluding steroid dienone is 4. The quantitative estimate of drug-likeness (QED) is 0.347. The summed E-state index contributed by atoms with van der Waals surface area (Å²) in [6.07, 6.45) is 9.49. The standard InChI is InChI=1S/C23H38ClN3O3S/c1-7-20(17-21(24)16-18(3)30-5)19(4)26-22(8-2)23(31(6,28)29)10-9-13-27-14-11-25-12-15-27/h8,10,16-19,25H,2,7,9,11-15H2,1,3-6H3/b20-17?,21-16?,23-10+,26-22?. The molecule has 0 radical (unpaired) electrons. The zero-order valence-electron chi connectivity index (χ0n) is 19.5. The Morgan fingerprint density at radius 3 is 2.48 bits per heavy atom. The van der Waals surface area contributed by atoms with Crippen LogP contribution in [-0.2, 0) is 14.6 Å². The summed E-state index contributed by atoms with van der Waals surface area (Å²) in [5.41, 5.74) is 1.39. The number of rotatable bonds is 12. The van der Waals surface area contributed by atoms with E-state index in [4.69, 9.17) is 21.3 Å². The van der Waals surface area contributed by atoms with Gasteiger partial charge in [0, 0.05) is 51.1 Å². The summed E-state index contributed by atoms with van der Waals surface area (Å²) in [6, 6.07) is -0.240. The van der Waals surface area contributed by atoms with E-state index >= 15 is 0 Å². The summed E-state index contributed by atoms with van der Waals surface area (Å²) in [6.45, 7) is 14.4. The molecule has 0 aromatic rings. The fourth-order valence-corrected chi connectivity index (χ4v) is 4.56. The maximum Gasteiger partial charge on any atom is 0.177 e. The van der Waals surface area contributed by atoms with E-state index in [0.717, 1.165) is 44.7 Å². The van der Waals surface area contributed by atoms with Gasteiger partial charge in [-0.15, -0.1) is 0 Å². The molecule has 1 aliphatic heterocycles. The third-order valence-electron chi connectivity index (χ3n) is 5.20. The molecule has 1 N–H and O–H groups in total. The topological polar surface area (TPSA) is 71.0 Å². The third kappa shape index (κ3) is 10.3. The largest absolute Gasteiger partial charge is 0.378 e. The summed E-state index contributed by atoms with van der Waals surface area (Å²) >= 11 is 6.34. The molecule has 176 valence electrons. The fourth-order valence-electron chi connectivity index (χ4n) is 3.30. The van der Waals surface area contributed by atoms with E-state index in [1.807, 2.05) is 32.9 Å². The van der Waals surface area contributed by atoms with Gasteiger partial charge in [0.25, 0.3) is 0 Å². The number of halogens is 1. The van der Waals surface area contributed by atoms with E-state index in [-0.39, 0.29) is 17.1 Å². The Morgan fingerprint density at radius 2 is 1.97 bits per heavy atom. The highest BCUT2D eigenvalue weighted by Gasteiger charge is 2.18. The molecule has 1 rings (SSSR count). The Kier molecular flexibility index (Phi) is 12.6. The zero-order valence-corrected chi connectivity index (χ0v) is 21.1. The van der Waals surface area contributed by atoms with Crippen LogP contribution in [0.15, 0.2) is 51.4 Å². The third-order valence-corrected chi connectivity index (χ3v) is 6.61. The van der Waals surface area contributed by atoms with Crippen molar-refractivity contribution >= 4 is 27.1 Å². The Bertz CT molecular complexity index is 810. The molecule has 31 heavy (non-hydrogen) atoms. The molecule has 2 atom stereocenters. The van der Waals surface area contributed by atoms with E-state index in [2.05, 4.69) is 16.8 Å². The van der Waals surface area contributed by atoms with Gasteiger partial charge in [-0.3, -0.25) is 4.99 Å². The van der Waals surface area contributed by atoms with Crippen molar-refractivity contribution in [2.75, 3.05) is 46.1 Å². The number of hydrogen-bond donors (Lipinski definition) is 1. The predicted octanol–water partition coefficient (Wildman–Crippen LogP) is 3.72. The van der Waals surface area contributed by atoms with Crippen molar-refractivity contribution in [3.63, 3.8) is 0 Å². The van der Waals surface area contributed by atoms with Gasteiger partial charge in [0.15, 0.2) is 9.84 Å². The first-order valence-corrected chi connectivity index (χ1v) is 13.0. The highest BCUT2D eigenvalue weighted by molar-refractivity contribution is 7.95. The first-order valence-electron chi connectivity index (χ1n) is 10.8. The predicted molar refractivity (Wildman–Crippen MR) is 133 cm³/mol. The lowest BCUT2D eigenvalue weighted by atomic mass is 10.1. The van der Waals surface area contributed by atoms with Gasteiger partial charge in [-0.2, -0.15) is 0 Å². The summed E-state index contributed by atoms with van der Waals surface area (Å²) in [5.74, 6) is 0. The Hall–Kier alpha value is -1.25. The Morgan fingerprint density at radius 1 is 1.32 bits per heavy atom. The number of nitrogens with zero attached hydrogens (tertiary/aromatic N) is 2. The molecule has 1 aliphatic rings. The van der Waals surface area contributed by atoms with Gasteiger partial charge in [0.1, 0.15) is 0 Å². The van der Waals surface area contributed by atoms with Crippen LogP contribution in [0.4, 0.5) is 0 Å². The second-order valence-corrected chi connectivity index (χ2v) is 10.1. The molecule has 1 heterocycles. The van der Waals surface area contributed by atoms with Crippen LogP contribution in [0.1, 0.15) is 33.6 Å². The van der Waals surface area contributed by atoms with Crippen LogP contribution in [0, 0.1) is 0 Å². The van der Waals surface area contributed by atoms with E-state index in [1.165, 1.54) is 12.3 Å². The molecule has 0 saturated carbocycles. The molecular weight excluding hydrogens is 434 g/mol. The van der Waals surface area contributed by atoms with Crippen LogP contribution >= 0.6 is 11.6 Å². The monoisotopic (exact) mass is 471 g/mol. The maximum absolute atomic E-state index is 12.5. The Labute approximate surface area is 193 Å². The molecular formula is C23H38ClN3O3S. The van der Waals surface area contributed by atoms with Crippen molar-refractivity contribution in [3.8, 4) is 0 Å². The van der Waals surface area contributed by atoms with Crippen molar-refractivity contribution in [2.45, 2.75) is 45.8 Å². The summed E-state index contributed by atoms with van der Waals surface area (Å²) in [7, 11) is -1.82. The molecule has 0 aliphatic carbocycles. The number of nitrogens with one attached hydrogen (secondary N) is 1.